The second kappa shape index (κ2) is 4.29. The molecule has 100 valence electrons. The Morgan fingerprint density at radius 1 is 1.61 bits per heavy atom. The Kier molecular flexibility index (Phi) is 3.07. The summed E-state index contributed by atoms with van der Waals surface area (Å²) in [4.78, 5) is 24.2. The molecule has 1 aliphatic rings. The van der Waals surface area contributed by atoms with Crippen molar-refractivity contribution >= 4 is 0 Å². The van der Waals surface area contributed by atoms with E-state index >= 15 is 0 Å². The van der Waals surface area contributed by atoms with Gasteiger partial charge in [0.05, 0.1) is 12.2 Å². The summed E-state index contributed by atoms with van der Waals surface area (Å²) in [7, 11) is 0. The van der Waals surface area contributed by atoms with E-state index in [9.17, 15) is 23.5 Å². The van der Waals surface area contributed by atoms with Gasteiger partial charge in [-0.2, -0.15) is 0 Å². The topological polar surface area (TPSA) is 84.3 Å². The van der Waals surface area contributed by atoms with Crippen molar-refractivity contribution in [2.75, 3.05) is 0 Å². The molecule has 18 heavy (non-hydrogen) atoms. The molecule has 0 aliphatic carbocycles. The van der Waals surface area contributed by atoms with Crippen LogP contribution in [0.2, 0.25) is 0 Å². The number of halogens is 2. The van der Waals surface area contributed by atoms with Gasteiger partial charge in [0.1, 0.15) is 0 Å². The molecule has 2 heterocycles. The summed E-state index contributed by atoms with van der Waals surface area (Å²) in [6.07, 6.45) is -3.67. The van der Waals surface area contributed by atoms with Crippen LogP contribution in [0.1, 0.15) is 19.6 Å². The molecule has 2 N–H and O–H groups in total. The quantitative estimate of drug-likeness (QED) is 0.775. The lowest BCUT2D eigenvalue weighted by Crippen LogP contribution is -2.37. The van der Waals surface area contributed by atoms with Crippen LogP contribution in [-0.2, 0) is 4.74 Å². The molecule has 0 radical (unpaired) electrons. The highest BCUT2D eigenvalue weighted by molar-refractivity contribution is 4.93. The highest BCUT2D eigenvalue weighted by Gasteiger charge is 2.52. The fourth-order valence-corrected chi connectivity index (χ4v) is 1.85. The third-order valence-corrected chi connectivity index (χ3v) is 2.78. The highest BCUT2D eigenvalue weighted by Crippen LogP contribution is 2.42. The van der Waals surface area contributed by atoms with E-state index in [-0.39, 0.29) is 0 Å². The van der Waals surface area contributed by atoms with Crippen LogP contribution >= 0.6 is 0 Å². The molecule has 1 aromatic rings. The lowest BCUT2D eigenvalue weighted by atomic mass is 10.1. The standard InChI is InChI=1S/C10H12F2N2O4/c1-5(15)6-4-10(11,12)8(18-6)14-3-2-7(16)13-9(14)17/h2-3,5-6,8,15H,4H2,1H3,(H,13,16,17). The number of nitrogens with zero attached hydrogens (tertiary/aromatic N) is 1. The fourth-order valence-electron chi connectivity index (χ4n) is 1.85. The van der Waals surface area contributed by atoms with Gasteiger partial charge in [0.2, 0.25) is 6.23 Å². The first-order valence-electron chi connectivity index (χ1n) is 5.34. The largest absolute Gasteiger partial charge is 0.391 e. The summed E-state index contributed by atoms with van der Waals surface area (Å²) >= 11 is 0. The number of aromatic nitrogens is 2. The molecule has 8 heteroatoms. The van der Waals surface area contributed by atoms with Gasteiger partial charge in [0.15, 0.2) is 0 Å². The molecule has 0 spiro atoms. The van der Waals surface area contributed by atoms with Crippen molar-refractivity contribution in [1.29, 1.82) is 0 Å². The molecule has 0 saturated carbocycles. The van der Waals surface area contributed by atoms with E-state index in [1.54, 1.807) is 0 Å². The number of H-pyrrole nitrogens is 1. The zero-order chi connectivity index (χ0) is 13.5. The Labute approximate surface area is 99.8 Å². The first-order valence-corrected chi connectivity index (χ1v) is 5.34. The number of hydrogen-bond acceptors (Lipinski definition) is 4. The van der Waals surface area contributed by atoms with Gasteiger partial charge in [-0.1, -0.05) is 0 Å². The van der Waals surface area contributed by atoms with E-state index in [1.165, 1.54) is 6.92 Å². The molecule has 1 fully saturated rings. The highest BCUT2D eigenvalue weighted by atomic mass is 19.3. The van der Waals surface area contributed by atoms with Gasteiger partial charge >= 0.3 is 5.69 Å². The Bertz CT molecular complexity index is 551. The van der Waals surface area contributed by atoms with E-state index in [2.05, 4.69) is 0 Å². The number of aromatic amines is 1. The number of aliphatic hydroxyl groups excluding tert-OH is 1. The maximum absolute atomic E-state index is 13.7. The number of alkyl halides is 2. The number of nitrogens with one attached hydrogen (secondary N) is 1. The summed E-state index contributed by atoms with van der Waals surface area (Å²) in [5, 5.41) is 9.26. The van der Waals surface area contributed by atoms with Crippen molar-refractivity contribution in [3.8, 4) is 0 Å². The third-order valence-electron chi connectivity index (χ3n) is 2.78. The predicted molar refractivity (Wildman–Crippen MR) is 56.5 cm³/mol. The van der Waals surface area contributed by atoms with Crippen molar-refractivity contribution in [3.63, 3.8) is 0 Å². The lowest BCUT2D eigenvalue weighted by Gasteiger charge is -2.19. The normalized spacial score (nSPS) is 28.2. The maximum Gasteiger partial charge on any atom is 0.330 e. The monoisotopic (exact) mass is 262 g/mol. The number of hydrogen-bond donors (Lipinski definition) is 2. The zero-order valence-corrected chi connectivity index (χ0v) is 9.47. The molecule has 1 aromatic heterocycles. The molecular formula is C10H12F2N2O4. The SMILES string of the molecule is CC(O)C1CC(F)(F)C(n2ccc(=O)[nH]c2=O)O1. The Hall–Kier alpha value is -1.54. The molecule has 6 nitrogen and oxygen atoms in total. The molecule has 1 aliphatic heterocycles. The van der Waals surface area contributed by atoms with Gasteiger partial charge in [-0.3, -0.25) is 14.3 Å². The summed E-state index contributed by atoms with van der Waals surface area (Å²) in [5.41, 5.74) is -1.65. The maximum atomic E-state index is 13.7. The van der Waals surface area contributed by atoms with Crippen molar-refractivity contribution in [3.05, 3.63) is 33.1 Å². The minimum Gasteiger partial charge on any atom is -0.391 e. The Morgan fingerprint density at radius 2 is 2.28 bits per heavy atom. The average Bonchev–Trinajstić information content (AvgIpc) is 2.55. The smallest absolute Gasteiger partial charge is 0.330 e. The number of ether oxygens (including phenoxy) is 1. The molecule has 1 saturated heterocycles. The van der Waals surface area contributed by atoms with E-state index < -0.39 is 42.0 Å². The van der Waals surface area contributed by atoms with E-state index in [0.717, 1.165) is 12.3 Å². The molecule has 0 bridgehead atoms. The van der Waals surface area contributed by atoms with Gasteiger partial charge in [-0.05, 0) is 6.92 Å². The van der Waals surface area contributed by atoms with Gasteiger partial charge in [-0.25, -0.2) is 13.6 Å². The van der Waals surface area contributed by atoms with Crippen LogP contribution < -0.4 is 11.2 Å². The van der Waals surface area contributed by atoms with Crippen LogP contribution in [0, 0.1) is 0 Å². The van der Waals surface area contributed by atoms with Crippen LogP contribution in [0.4, 0.5) is 8.78 Å². The van der Waals surface area contributed by atoms with E-state index in [1.807, 2.05) is 4.98 Å². The minimum absolute atomic E-state index is 0.615. The van der Waals surface area contributed by atoms with Gasteiger partial charge in [0, 0.05) is 18.7 Å². The Balaban J connectivity index is 2.38. The van der Waals surface area contributed by atoms with Crippen LogP contribution in [0.25, 0.3) is 0 Å². The summed E-state index contributed by atoms with van der Waals surface area (Å²) in [6.45, 7) is 1.33. The summed E-state index contributed by atoms with van der Waals surface area (Å²) in [5.74, 6) is -3.29. The van der Waals surface area contributed by atoms with Crippen LogP contribution in [0.3, 0.4) is 0 Å². The fraction of sp³-hybridized carbons (Fsp3) is 0.600. The number of aliphatic hydroxyl groups is 1. The molecule has 3 atom stereocenters. The molecular weight excluding hydrogens is 250 g/mol. The lowest BCUT2D eigenvalue weighted by molar-refractivity contribution is -0.126. The minimum atomic E-state index is -3.29. The predicted octanol–water partition coefficient (Wildman–Crippen LogP) is -0.160. The third kappa shape index (κ3) is 2.21. The summed E-state index contributed by atoms with van der Waals surface area (Å²) < 4.78 is 33.0. The van der Waals surface area contributed by atoms with Gasteiger partial charge in [0.25, 0.3) is 11.5 Å². The molecule has 0 aromatic carbocycles. The van der Waals surface area contributed by atoms with Crippen LogP contribution in [0.15, 0.2) is 21.9 Å². The molecule has 3 unspecified atom stereocenters. The van der Waals surface area contributed by atoms with E-state index in [4.69, 9.17) is 4.74 Å². The summed E-state index contributed by atoms with van der Waals surface area (Å²) in [6, 6.07) is 0.955. The van der Waals surface area contributed by atoms with Crippen molar-refractivity contribution in [2.45, 2.75) is 37.7 Å². The first-order chi connectivity index (χ1) is 8.31. The van der Waals surface area contributed by atoms with Crippen molar-refractivity contribution in [2.24, 2.45) is 0 Å². The van der Waals surface area contributed by atoms with Crippen molar-refractivity contribution < 1.29 is 18.6 Å². The van der Waals surface area contributed by atoms with Crippen molar-refractivity contribution in [1.82, 2.24) is 9.55 Å². The number of rotatable bonds is 2. The van der Waals surface area contributed by atoms with Gasteiger partial charge < -0.3 is 9.84 Å². The first kappa shape index (κ1) is 12.9. The second-order valence-electron chi connectivity index (χ2n) is 4.25. The second-order valence-corrected chi connectivity index (χ2v) is 4.25. The zero-order valence-electron chi connectivity index (χ0n) is 9.47. The average molecular weight is 262 g/mol. The van der Waals surface area contributed by atoms with Gasteiger partial charge in [-0.15, -0.1) is 0 Å². The van der Waals surface area contributed by atoms with Crippen LogP contribution in [0.5, 0.6) is 0 Å². The molecule has 2 rings (SSSR count). The van der Waals surface area contributed by atoms with E-state index in [0.29, 0.717) is 4.57 Å². The Morgan fingerprint density at radius 3 is 2.78 bits per heavy atom. The van der Waals surface area contributed by atoms with Crippen LogP contribution in [-0.4, -0.2) is 32.8 Å². The molecule has 0 amide bonds.